The lowest BCUT2D eigenvalue weighted by Crippen LogP contribution is -2.32. The van der Waals surface area contributed by atoms with E-state index in [1.54, 1.807) is 30.3 Å². The summed E-state index contributed by atoms with van der Waals surface area (Å²) in [7, 11) is -4.50. The molecule has 0 radical (unpaired) electrons. The van der Waals surface area contributed by atoms with Crippen LogP contribution in [-0.2, 0) is 26.5 Å². The molecule has 0 unspecified atom stereocenters. The van der Waals surface area contributed by atoms with E-state index >= 15 is 0 Å². The van der Waals surface area contributed by atoms with Crippen LogP contribution in [0.1, 0.15) is 31.2 Å². The van der Waals surface area contributed by atoms with E-state index in [-0.39, 0.29) is 28.1 Å². The predicted molar refractivity (Wildman–Crippen MR) is 117 cm³/mol. The molecule has 1 fully saturated rings. The Hall–Kier alpha value is -2.14. The average Bonchev–Trinajstić information content (AvgIpc) is 3.26. The maximum absolute atomic E-state index is 12.7. The van der Waals surface area contributed by atoms with E-state index in [2.05, 4.69) is 9.44 Å². The first-order valence-corrected chi connectivity index (χ1v) is 13.0. The van der Waals surface area contributed by atoms with Gasteiger partial charge in [-0.1, -0.05) is 25.0 Å². The smallest absolute Gasteiger partial charge is 0.244 e. The van der Waals surface area contributed by atoms with Crippen LogP contribution in [-0.4, -0.2) is 43.6 Å². The molecule has 0 atom stereocenters. The van der Waals surface area contributed by atoms with Gasteiger partial charge in [-0.3, -0.25) is 0 Å². The maximum atomic E-state index is 12.7. The van der Waals surface area contributed by atoms with Crippen molar-refractivity contribution < 1.29 is 26.3 Å². The van der Waals surface area contributed by atoms with Crippen LogP contribution in [0.25, 0.3) is 0 Å². The number of benzene rings is 2. The van der Waals surface area contributed by atoms with E-state index in [4.69, 9.17) is 9.47 Å². The fourth-order valence-electron chi connectivity index (χ4n) is 3.57. The molecule has 0 saturated heterocycles. The molecule has 0 aromatic heterocycles. The van der Waals surface area contributed by atoms with Gasteiger partial charge in [0, 0.05) is 18.7 Å². The summed E-state index contributed by atoms with van der Waals surface area (Å²) in [6, 6.07) is 11.1. The molecule has 10 heteroatoms. The molecule has 3 rings (SSSR count). The van der Waals surface area contributed by atoms with E-state index in [0.29, 0.717) is 12.2 Å². The van der Waals surface area contributed by atoms with Gasteiger partial charge in [-0.2, -0.15) is 0 Å². The summed E-state index contributed by atoms with van der Waals surface area (Å²) in [6.45, 7) is 0.148. The molecule has 2 aromatic rings. The number of ether oxygens (including phenoxy) is 2. The zero-order chi connectivity index (χ0) is 22.5. The van der Waals surface area contributed by atoms with Crippen LogP contribution in [0.4, 0.5) is 0 Å². The molecular formula is C21H28N2O6S2. The van der Waals surface area contributed by atoms with Gasteiger partial charge in [0.1, 0.15) is 16.4 Å². The second-order valence-electron chi connectivity index (χ2n) is 7.41. The minimum absolute atomic E-state index is 0.00576. The molecule has 1 saturated carbocycles. The van der Waals surface area contributed by atoms with Gasteiger partial charge < -0.3 is 9.47 Å². The van der Waals surface area contributed by atoms with Crippen molar-refractivity contribution in [3.05, 3.63) is 48.0 Å². The van der Waals surface area contributed by atoms with Gasteiger partial charge in [-0.05, 0) is 49.1 Å². The second kappa shape index (κ2) is 9.99. The first-order valence-electron chi connectivity index (χ1n) is 10.1. The van der Waals surface area contributed by atoms with Gasteiger partial charge >= 0.3 is 0 Å². The van der Waals surface area contributed by atoms with Crippen molar-refractivity contribution >= 4 is 20.0 Å². The summed E-state index contributed by atoms with van der Waals surface area (Å²) < 4.78 is 65.9. The molecule has 31 heavy (non-hydrogen) atoms. The van der Waals surface area contributed by atoms with Gasteiger partial charge in [-0.15, -0.1) is 0 Å². The second-order valence-corrected chi connectivity index (χ2v) is 10.9. The van der Waals surface area contributed by atoms with Crippen LogP contribution in [0.2, 0.25) is 0 Å². The Labute approximate surface area is 184 Å². The van der Waals surface area contributed by atoms with Crippen molar-refractivity contribution in [2.75, 3.05) is 20.8 Å². The van der Waals surface area contributed by atoms with E-state index in [1.165, 1.54) is 26.4 Å². The highest BCUT2D eigenvalue weighted by atomic mass is 32.2. The number of rotatable bonds is 10. The standard InChI is InChI=1S/C21H28N2O6S2/c1-28-18-9-12-20(29-2)21(15-18)31(26,27)22-14-13-16-7-10-19(11-8-16)30(24,25)23-17-5-3-4-6-17/h7-12,15,17,22-23H,3-6,13-14H2,1-2H3. The molecule has 0 spiro atoms. The van der Waals surface area contributed by atoms with Crippen LogP contribution in [0.15, 0.2) is 52.3 Å². The van der Waals surface area contributed by atoms with Crippen LogP contribution in [0, 0.1) is 0 Å². The molecule has 2 N–H and O–H groups in total. The lowest BCUT2D eigenvalue weighted by atomic mass is 10.2. The third-order valence-corrected chi connectivity index (χ3v) is 8.30. The van der Waals surface area contributed by atoms with E-state index in [9.17, 15) is 16.8 Å². The number of methoxy groups -OCH3 is 2. The SMILES string of the molecule is COc1ccc(OC)c(S(=O)(=O)NCCc2ccc(S(=O)(=O)NC3CCCC3)cc2)c1. The van der Waals surface area contributed by atoms with Crippen LogP contribution < -0.4 is 18.9 Å². The Kier molecular flexibility index (Phi) is 7.58. The van der Waals surface area contributed by atoms with E-state index in [1.807, 2.05) is 0 Å². The predicted octanol–water partition coefficient (Wildman–Crippen LogP) is 2.45. The zero-order valence-corrected chi connectivity index (χ0v) is 19.3. The minimum Gasteiger partial charge on any atom is -0.497 e. The Bertz CT molecular complexity index is 1090. The number of nitrogens with one attached hydrogen (secondary N) is 2. The summed E-state index contributed by atoms with van der Waals surface area (Å²) in [5, 5.41) is 0. The van der Waals surface area contributed by atoms with Crippen molar-refractivity contribution in [1.29, 1.82) is 0 Å². The summed E-state index contributed by atoms with van der Waals surface area (Å²) in [5.41, 5.74) is 0.820. The summed E-state index contributed by atoms with van der Waals surface area (Å²) in [4.78, 5) is 0.207. The van der Waals surface area contributed by atoms with Crippen LogP contribution in [0.3, 0.4) is 0 Å². The molecule has 1 aliphatic carbocycles. The van der Waals surface area contributed by atoms with Crippen molar-refractivity contribution in [1.82, 2.24) is 9.44 Å². The summed E-state index contributed by atoms with van der Waals surface area (Å²) in [5.74, 6) is 0.627. The number of hydrogen-bond acceptors (Lipinski definition) is 6. The molecule has 0 heterocycles. The van der Waals surface area contributed by atoms with Crippen molar-refractivity contribution in [2.24, 2.45) is 0 Å². The average molecular weight is 469 g/mol. The van der Waals surface area contributed by atoms with Crippen molar-refractivity contribution in [3.8, 4) is 11.5 Å². The zero-order valence-electron chi connectivity index (χ0n) is 17.6. The summed E-state index contributed by atoms with van der Waals surface area (Å²) >= 11 is 0. The molecular weight excluding hydrogens is 440 g/mol. The highest BCUT2D eigenvalue weighted by Gasteiger charge is 2.23. The molecule has 1 aliphatic rings. The maximum Gasteiger partial charge on any atom is 0.244 e. The first-order chi connectivity index (χ1) is 14.7. The fraction of sp³-hybridized carbons (Fsp3) is 0.429. The van der Waals surface area contributed by atoms with Gasteiger partial charge in [0.05, 0.1) is 19.1 Å². The highest BCUT2D eigenvalue weighted by molar-refractivity contribution is 7.89. The summed E-state index contributed by atoms with van der Waals surface area (Å²) in [6.07, 6.45) is 4.24. The third-order valence-electron chi connectivity index (χ3n) is 5.28. The topological polar surface area (TPSA) is 111 Å². The number of hydrogen-bond donors (Lipinski definition) is 2. The Morgan fingerprint density at radius 2 is 1.58 bits per heavy atom. The largest absolute Gasteiger partial charge is 0.497 e. The first kappa shape index (κ1) is 23.5. The Morgan fingerprint density at radius 3 is 2.19 bits per heavy atom. The molecule has 170 valence electrons. The lowest BCUT2D eigenvalue weighted by molar-refractivity contribution is 0.392. The number of sulfonamides is 2. The van der Waals surface area contributed by atoms with Crippen molar-refractivity contribution in [2.45, 2.75) is 47.9 Å². The molecule has 2 aromatic carbocycles. The van der Waals surface area contributed by atoms with Crippen LogP contribution >= 0.6 is 0 Å². The van der Waals surface area contributed by atoms with Gasteiger partial charge in [-0.25, -0.2) is 26.3 Å². The van der Waals surface area contributed by atoms with Gasteiger partial charge in [0.2, 0.25) is 20.0 Å². The third kappa shape index (κ3) is 5.97. The van der Waals surface area contributed by atoms with Gasteiger partial charge in [0.25, 0.3) is 0 Å². The Balaban J connectivity index is 1.61. The fourth-order valence-corrected chi connectivity index (χ4v) is 6.09. The monoisotopic (exact) mass is 468 g/mol. The normalized spacial score (nSPS) is 15.2. The highest BCUT2D eigenvalue weighted by Crippen LogP contribution is 2.28. The van der Waals surface area contributed by atoms with Crippen LogP contribution in [0.5, 0.6) is 11.5 Å². The lowest BCUT2D eigenvalue weighted by Gasteiger charge is -2.13. The quantitative estimate of drug-likeness (QED) is 0.554. The molecule has 0 aliphatic heterocycles. The molecule has 0 bridgehead atoms. The molecule has 0 amide bonds. The van der Waals surface area contributed by atoms with E-state index < -0.39 is 20.0 Å². The van der Waals surface area contributed by atoms with Gasteiger partial charge in [0.15, 0.2) is 0 Å². The molecule has 8 nitrogen and oxygen atoms in total. The van der Waals surface area contributed by atoms with E-state index in [0.717, 1.165) is 31.2 Å². The minimum atomic E-state index is -3.81. The Morgan fingerprint density at radius 1 is 0.903 bits per heavy atom. The van der Waals surface area contributed by atoms with Crippen molar-refractivity contribution in [3.63, 3.8) is 0 Å².